The van der Waals surface area contributed by atoms with Gasteiger partial charge in [0.25, 0.3) is 23.6 Å². The Kier molecular flexibility index (Phi) is 28.1. The summed E-state index contributed by atoms with van der Waals surface area (Å²) in [5.74, 6) is -5.01. The molecule has 0 fully saturated rings. The van der Waals surface area contributed by atoms with Crippen molar-refractivity contribution < 1.29 is 83.7 Å². The summed E-state index contributed by atoms with van der Waals surface area (Å²) >= 11 is 53.0. The Balaban J connectivity index is 0.000000152. The molecule has 628 valence electrons. The van der Waals surface area contributed by atoms with Crippen LogP contribution in [0.25, 0.3) is 123 Å². The summed E-state index contributed by atoms with van der Waals surface area (Å²) in [5, 5.41) is 37.8. The highest BCUT2D eigenvalue weighted by Gasteiger charge is 2.31. The van der Waals surface area contributed by atoms with Crippen molar-refractivity contribution in [2.75, 3.05) is 59.0 Å². The lowest BCUT2D eigenvalue weighted by Crippen LogP contribution is -2.18. The number of anilines is 2. The summed E-state index contributed by atoms with van der Waals surface area (Å²) in [5.41, 5.74) is 6.21. The SMILES string of the molecule is CCNc1nc2oc(-c3ccc(F)cc3)c(C(=O)NC)c2cc1-c1cc(Cl)c(NCC)c(C(=O)O)c1.CNC(=O)c1c(-c2ccc(F)cc2)oc2nc(Cl)c(-c3cc(Cl)c(Cl)c(C(=O)O)c3)cc12.CNC(=O)c1c(-c2ccc(F)cc2)oc2nc(Cl)c(-c3cc(Cl)c(Cl)c(C(=O)OC)c3)cc12.CNC(=O)c1c(-c2ccc(F)cc2)oc2nc(Cl)c(Br)cc12. The van der Waals surface area contributed by atoms with E-state index in [9.17, 15) is 61.3 Å². The molecule has 15 aromatic rings. The molecule has 0 aliphatic carbocycles. The molecule has 0 saturated heterocycles. The van der Waals surface area contributed by atoms with E-state index in [0.29, 0.717) is 118 Å². The highest BCUT2D eigenvalue weighted by molar-refractivity contribution is 9.10. The summed E-state index contributed by atoms with van der Waals surface area (Å²) in [4.78, 5) is 104. The predicted molar refractivity (Wildman–Crippen MR) is 469 cm³/mol. The van der Waals surface area contributed by atoms with Crippen LogP contribution in [0.3, 0.4) is 0 Å². The summed E-state index contributed by atoms with van der Waals surface area (Å²) < 4.78 is 82.0. The number of hydrogen-bond donors (Lipinski definition) is 8. The van der Waals surface area contributed by atoms with E-state index in [4.69, 9.17) is 115 Å². The molecule has 0 atom stereocenters. The summed E-state index contributed by atoms with van der Waals surface area (Å²) in [6, 6.07) is 37.6. The van der Waals surface area contributed by atoms with Gasteiger partial charge >= 0.3 is 17.9 Å². The third-order valence-electron chi connectivity index (χ3n) is 18.4. The number of ether oxygens (including phenoxy) is 1. The van der Waals surface area contributed by atoms with Crippen LogP contribution in [-0.4, -0.2) is 120 Å². The Morgan fingerprint density at radius 1 is 0.382 bits per heavy atom. The van der Waals surface area contributed by atoms with Crippen LogP contribution < -0.4 is 31.9 Å². The van der Waals surface area contributed by atoms with Crippen LogP contribution in [0.4, 0.5) is 29.1 Å². The van der Waals surface area contributed by atoms with Crippen LogP contribution in [-0.2, 0) is 4.74 Å². The number of carboxylic acid groups (broad SMARTS) is 2. The van der Waals surface area contributed by atoms with E-state index in [1.807, 2.05) is 13.8 Å². The highest BCUT2D eigenvalue weighted by atomic mass is 79.9. The first-order valence-corrected chi connectivity index (χ1v) is 39.9. The number of pyridine rings is 4. The molecule has 0 unspecified atom stereocenters. The first-order chi connectivity index (χ1) is 58.7. The fourth-order valence-corrected chi connectivity index (χ4v) is 14.8. The monoisotopic (exact) mass is 1890 g/mol. The first-order valence-electron chi connectivity index (χ1n) is 36.0. The number of furan rings is 4. The number of aromatic nitrogens is 4. The van der Waals surface area contributed by atoms with Crippen molar-refractivity contribution in [2.24, 2.45) is 0 Å². The van der Waals surface area contributed by atoms with Crippen molar-refractivity contribution in [3.8, 4) is 78.7 Å². The van der Waals surface area contributed by atoms with E-state index in [2.05, 4.69) is 67.8 Å². The molecule has 0 saturated carbocycles. The molecule has 4 amide bonds. The Bertz CT molecular complexity index is 6760. The van der Waals surface area contributed by atoms with Crippen molar-refractivity contribution >= 4 is 206 Å². The van der Waals surface area contributed by atoms with Gasteiger partial charge in [0, 0.05) is 80.2 Å². The summed E-state index contributed by atoms with van der Waals surface area (Å²) in [6.45, 7) is 4.75. The highest BCUT2D eigenvalue weighted by Crippen LogP contribution is 2.46. The van der Waals surface area contributed by atoms with Crippen LogP contribution in [0.2, 0.25) is 40.6 Å². The van der Waals surface area contributed by atoms with Gasteiger partial charge < -0.3 is 64.5 Å². The Morgan fingerprint density at radius 2 is 0.683 bits per heavy atom. The third kappa shape index (κ3) is 18.9. The number of esters is 1. The Hall–Kier alpha value is -12.3. The molecule has 0 radical (unpaired) electrons. The number of carboxylic acids is 2. The second-order valence-electron chi connectivity index (χ2n) is 26.0. The quantitative estimate of drug-likeness (QED) is 0.0225. The van der Waals surface area contributed by atoms with Gasteiger partial charge in [-0.2, -0.15) is 9.97 Å². The smallest absolute Gasteiger partial charge is 0.339 e. The lowest BCUT2D eigenvalue weighted by atomic mass is 9.99. The third-order valence-corrected chi connectivity index (χ3v) is 22.0. The minimum atomic E-state index is -1.27. The predicted octanol–water partition coefficient (Wildman–Crippen LogP) is 23.0. The topological polar surface area (TPSA) is 345 Å². The number of methoxy groups -OCH3 is 1. The fraction of sp³-hybridized carbons (Fsp3) is 0.105. The number of carbonyl (C=O) groups is 7. The average molecular weight is 1900 g/mol. The molecule has 0 aliphatic heterocycles. The number of fused-ring (bicyclic) bond motifs is 4. The molecule has 15 rings (SSSR count). The normalized spacial score (nSPS) is 11.0. The number of hydrogen-bond acceptors (Lipinski definition) is 18. The molecule has 24 nitrogen and oxygen atoms in total. The van der Waals surface area contributed by atoms with Crippen LogP contribution in [0, 0.1) is 23.3 Å². The minimum absolute atomic E-state index is 0.00455. The lowest BCUT2D eigenvalue weighted by Gasteiger charge is -2.15. The molecule has 7 aromatic carbocycles. The van der Waals surface area contributed by atoms with Gasteiger partial charge in [-0.1, -0.05) is 92.8 Å². The van der Waals surface area contributed by atoms with Crippen LogP contribution in [0.15, 0.2) is 180 Å². The molecule has 37 heteroatoms. The number of benzene rings is 7. The number of halogens is 13. The van der Waals surface area contributed by atoms with Crippen molar-refractivity contribution in [2.45, 2.75) is 13.8 Å². The number of amides is 4. The number of aromatic carboxylic acids is 2. The Morgan fingerprint density at radius 3 is 1.02 bits per heavy atom. The van der Waals surface area contributed by atoms with Crippen molar-refractivity contribution in [3.63, 3.8) is 0 Å². The van der Waals surface area contributed by atoms with Crippen molar-refractivity contribution in [3.05, 3.63) is 265 Å². The van der Waals surface area contributed by atoms with Gasteiger partial charge in [-0.3, -0.25) is 19.2 Å². The maximum atomic E-state index is 13.5. The molecule has 0 spiro atoms. The second kappa shape index (κ2) is 38.4. The first kappa shape index (κ1) is 90.0. The summed E-state index contributed by atoms with van der Waals surface area (Å²) in [6.07, 6.45) is 0. The minimum Gasteiger partial charge on any atom is -0.478 e. The molecule has 8 aromatic heterocycles. The second-order valence-corrected chi connectivity index (χ2v) is 29.9. The molecular formula is C86H59BrCl8F4N10O14. The zero-order valence-corrected chi connectivity index (χ0v) is 72.1. The van der Waals surface area contributed by atoms with E-state index in [1.165, 1.54) is 163 Å². The maximum absolute atomic E-state index is 13.5. The van der Waals surface area contributed by atoms with Crippen molar-refractivity contribution in [1.82, 2.24) is 41.2 Å². The zero-order valence-electron chi connectivity index (χ0n) is 64.4. The van der Waals surface area contributed by atoms with Crippen LogP contribution in [0.5, 0.6) is 0 Å². The van der Waals surface area contributed by atoms with E-state index in [1.54, 1.807) is 30.3 Å². The van der Waals surface area contributed by atoms with Gasteiger partial charge in [0.15, 0.2) is 0 Å². The number of nitrogens with zero attached hydrogens (tertiary/aromatic N) is 4. The van der Waals surface area contributed by atoms with Gasteiger partial charge in [-0.25, -0.2) is 41.9 Å². The molecule has 8 N–H and O–H groups in total. The van der Waals surface area contributed by atoms with Gasteiger partial charge in [-0.15, -0.1) is 0 Å². The van der Waals surface area contributed by atoms with E-state index in [0.717, 1.165) is 0 Å². The standard InChI is InChI=1S/C26H24ClFN4O4.C23H14Cl3FN2O4.C22H12Cl3FN2O4.C15H9BrClFN2O2/c1-4-30-21-18(26(34)35)10-14(11-19(21)27)16-12-17-20(24(33)29-3)22(13-6-8-15(28)9-7-13)36-25(17)32-23(16)31-5-2;1-28-21(30)17-14-9-13(11-7-15(23(31)32-2)18(25)16(24)8-11)20(26)29-22(14)33-19(17)10-3-5-12(27)6-4-10;1-27-20(29)16-13-8-12(10-6-14(22(30)31)17(24)15(23)7-10)19(25)28-21(13)32-18(16)9-2-4-11(26)5-3-9;1-19-14(21)11-9-6-10(16)13(17)20-15(9)22-12(11)7-2-4-8(18)5-3-7/h6-12,30H,4-5H2,1-3H3,(H,29,33)(H,31,32)(H,34,35);3-9H,1-2H3,(H,28,30);2-8H,1H3,(H,27,29)(H,30,31);2-6H,1H3,(H,19,21). The van der Waals surface area contributed by atoms with Gasteiger partial charge in [0.1, 0.15) is 67.6 Å². The van der Waals surface area contributed by atoms with E-state index in [-0.39, 0.29) is 126 Å². The van der Waals surface area contributed by atoms with E-state index >= 15 is 0 Å². The fourth-order valence-electron chi connectivity index (χ4n) is 12.7. The molecular weight excluding hydrogens is 1840 g/mol. The average Bonchev–Trinajstić information content (AvgIpc) is 1.67. The summed E-state index contributed by atoms with van der Waals surface area (Å²) in [7, 11) is 7.17. The number of carbonyl (C=O) groups excluding carboxylic acids is 5. The van der Waals surface area contributed by atoms with Crippen LogP contribution in [0.1, 0.15) is 86.4 Å². The number of rotatable bonds is 18. The van der Waals surface area contributed by atoms with Crippen LogP contribution >= 0.6 is 109 Å². The van der Waals surface area contributed by atoms with Crippen molar-refractivity contribution in [1.29, 1.82) is 0 Å². The molecule has 123 heavy (non-hydrogen) atoms. The number of nitrogens with one attached hydrogen (secondary N) is 6. The molecule has 0 bridgehead atoms. The van der Waals surface area contributed by atoms with Gasteiger partial charge in [0.05, 0.1) is 103 Å². The van der Waals surface area contributed by atoms with Gasteiger partial charge in [-0.05, 0) is 204 Å². The largest absolute Gasteiger partial charge is 0.478 e. The van der Waals surface area contributed by atoms with Gasteiger partial charge in [0.2, 0.25) is 22.9 Å². The molecule has 8 heterocycles. The maximum Gasteiger partial charge on any atom is 0.339 e. The lowest BCUT2D eigenvalue weighted by molar-refractivity contribution is 0.0598. The van der Waals surface area contributed by atoms with E-state index < -0.39 is 53.1 Å². The zero-order chi connectivity index (χ0) is 88.9. The Labute approximate surface area is 742 Å². The molecule has 0 aliphatic rings.